The first-order chi connectivity index (χ1) is 7.96. The molecule has 0 bridgehead atoms. The Kier molecular flexibility index (Phi) is 5.28. The molecular formula is C12H18ClNO2S. The predicted molar refractivity (Wildman–Crippen MR) is 73.6 cm³/mol. The minimum absolute atomic E-state index is 0.144. The van der Waals surface area contributed by atoms with Crippen LogP contribution in [0.3, 0.4) is 0 Å². The predicted octanol–water partition coefficient (Wildman–Crippen LogP) is 2.89. The van der Waals surface area contributed by atoms with Crippen LogP contribution in [0.25, 0.3) is 0 Å². The van der Waals surface area contributed by atoms with Crippen molar-refractivity contribution in [1.29, 1.82) is 0 Å². The van der Waals surface area contributed by atoms with Crippen LogP contribution in [0, 0.1) is 6.92 Å². The van der Waals surface area contributed by atoms with Gasteiger partial charge in [-0.2, -0.15) is 0 Å². The molecule has 1 aromatic rings. The van der Waals surface area contributed by atoms with Crippen LogP contribution in [0.1, 0.15) is 18.9 Å². The van der Waals surface area contributed by atoms with Crippen molar-refractivity contribution in [1.82, 2.24) is 0 Å². The van der Waals surface area contributed by atoms with Gasteiger partial charge >= 0.3 is 0 Å². The van der Waals surface area contributed by atoms with E-state index < -0.39 is 9.84 Å². The first kappa shape index (κ1) is 14.3. The number of sulfone groups is 1. The van der Waals surface area contributed by atoms with Gasteiger partial charge in [-0.1, -0.05) is 30.7 Å². The lowest BCUT2D eigenvalue weighted by molar-refractivity contribution is 0.595. The Hall–Kier alpha value is -0.740. The number of hydrogen-bond donors (Lipinski definition) is 1. The number of nitrogens with one attached hydrogen (secondary N) is 1. The fraction of sp³-hybridized carbons (Fsp3) is 0.500. The molecule has 0 amide bonds. The highest BCUT2D eigenvalue weighted by molar-refractivity contribution is 7.91. The van der Waals surface area contributed by atoms with Gasteiger partial charge in [0.25, 0.3) is 0 Å². The highest BCUT2D eigenvalue weighted by Gasteiger charge is 2.09. The molecule has 0 saturated heterocycles. The Morgan fingerprint density at radius 1 is 1.29 bits per heavy atom. The minimum Gasteiger partial charge on any atom is -0.383 e. The summed E-state index contributed by atoms with van der Waals surface area (Å²) in [4.78, 5) is 0. The summed E-state index contributed by atoms with van der Waals surface area (Å²) in [6.45, 7) is 4.20. The molecule has 0 heterocycles. The van der Waals surface area contributed by atoms with Crippen molar-refractivity contribution < 1.29 is 8.42 Å². The molecule has 0 fully saturated rings. The van der Waals surface area contributed by atoms with Crippen LogP contribution in [0.2, 0.25) is 5.02 Å². The number of halogens is 1. The molecule has 0 aliphatic carbocycles. The van der Waals surface area contributed by atoms with Crippen molar-refractivity contribution >= 4 is 27.1 Å². The third-order valence-electron chi connectivity index (χ3n) is 2.45. The molecule has 1 rings (SSSR count). The topological polar surface area (TPSA) is 46.2 Å². The number of anilines is 1. The molecule has 17 heavy (non-hydrogen) atoms. The molecule has 1 aromatic carbocycles. The third kappa shape index (κ3) is 4.56. The molecule has 0 saturated carbocycles. The van der Waals surface area contributed by atoms with Crippen LogP contribution in [0.15, 0.2) is 18.2 Å². The largest absolute Gasteiger partial charge is 0.383 e. The Morgan fingerprint density at radius 3 is 2.59 bits per heavy atom. The van der Waals surface area contributed by atoms with Gasteiger partial charge in [-0.3, -0.25) is 0 Å². The van der Waals surface area contributed by atoms with Crippen LogP contribution in [-0.4, -0.2) is 26.5 Å². The normalized spacial score (nSPS) is 11.5. The van der Waals surface area contributed by atoms with E-state index in [1.807, 2.05) is 26.0 Å². The van der Waals surface area contributed by atoms with Crippen LogP contribution >= 0.6 is 11.6 Å². The summed E-state index contributed by atoms with van der Waals surface area (Å²) in [5.74, 6) is 0.391. The second kappa shape index (κ2) is 6.26. The van der Waals surface area contributed by atoms with Crippen LogP contribution in [-0.2, 0) is 9.84 Å². The molecule has 96 valence electrons. The number of rotatable bonds is 6. The maximum absolute atomic E-state index is 11.5. The van der Waals surface area contributed by atoms with E-state index in [4.69, 9.17) is 11.6 Å². The molecule has 5 heteroatoms. The number of para-hydroxylation sites is 1. The van der Waals surface area contributed by atoms with Gasteiger partial charge in [-0.05, 0) is 25.0 Å². The SMILES string of the molecule is CCCS(=O)(=O)CCNc1c(C)cccc1Cl. The van der Waals surface area contributed by atoms with Gasteiger partial charge in [0.05, 0.1) is 16.5 Å². The lowest BCUT2D eigenvalue weighted by atomic mass is 10.2. The second-order valence-electron chi connectivity index (χ2n) is 4.01. The van der Waals surface area contributed by atoms with E-state index in [2.05, 4.69) is 5.32 Å². The lowest BCUT2D eigenvalue weighted by Gasteiger charge is -2.11. The molecule has 0 spiro atoms. The monoisotopic (exact) mass is 275 g/mol. The molecule has 0 aliphatic heterocycles. The van der Waals surface area contributed by atoms with E-state index in [0.29, 0.717) is 18.0 Å². The highest BCUT2D eigenvalue weighted by Crippen LogP contribution is 2.24. The zero-order valence-corrected chi connectivity index (χ0v) is 11.7. The maximum atomic E-state index is 11.5. The second-order valence-corrected chi connectivity index (χ2v) is 6.72. The average Bonchev–Trinajstić information content (AvgIpc) is 2.22. The van der Waals surface area contributed by atoms with E-state index in [1.54, 1.807) is 6.07 Å². The van der Waals surface area contributed by atoms with E-state index in [9.17, 15) is 8.42 Å². The highest BCUT2D eigenvalue weighted by atomic mass is 35.5. The minimum atomic E-state index is -2.93. The van der Waals surface area contributed by atoms with Crippen molar-refractivity contribution in [2.45, 2.75) is 20.3 Å². The van der Waals surface area contributed by atoms with Gasteiger partial charge in [0, 0.05) is 12.3 Å². The van der Waals surface area contributed by atoms with Crippen molar-refractivity contribution in [2.75, 3.05) is 23.4 Å². The van der Waals surface area contributed by atoms with E-state index in [-0.39, 0.29) is 11.5 Å². The van der Waals surface area contributed by atoms with Gasteiger partial charge < -0.3 is 5.32 Å². The maximum Gasteiger partial charge on any atom is 0.152 e. The fourth-order valence-corrected chi connectivity index (χ4v) is 3.13. The van der Waals surface area contributed by atoms with Gasteiger partial charge in [-0.25, -0.2) is 8.42 Å². The zero-order valence-electron chi connectivity index (χ0n) is 10.2. The van der Waals surface area contributed by atoms with Crippen molar-refractivity contribution in [3.8, 4) is 0 Å². The van der Waals surface area contributed by atoms with Gasteiger partial charge in [-0.15, -0.1) is 0 Å². The zero-order chi connectivity index (χ0) is 12.9. The summed E-state index contributed by atoms with van der Waals surface area (Å²) < 4.78 is 23.0. The standard InChI is InChI=1S/C12H18ClNO2S/c1-3-8-17(15,16)9-7-14-12-10(2)5-4-6-11(12)13/h4-6,14H,3,7-9H2,1-2H3. The van der Waals surface area contributed by atoms with Gasteiger partial charge in [0.2, 0.25) is 0 Å². The van der Waals surface area contributed by atoms with Crippen LogP contribution < -0.4 is 5.32 Å². The summed E-state index contributed by atoms with van der Waals surface area (Å²) >= 11 is 6.03. The summed E-state index contributed by atoms with van der Waals surface area (Å²) in [6, 6.07) is 5.60. The fourth-order valence-electron chi connectivity index (χ4n) is 1.60. The smallest absolute Gasteiger partial charge is 0.152 e. The lowest BCUT2D eigenvalue weighted by Crippen LogP contribution is -2.18. The summed E-state index contributed by atoms with van der Waals surface area (Å²) in [7, 11) is -2.93. The molecule has 0 radical (unpaired) electrons. The molecule has 0 aromatic heterocycles. The van der Waals surface area contributed by atoms with E-state index in [1.165, 1.54) is 0 Å². The van der Waals surface area contributed by atoms with Gasteiger partial charge in [0.1, 0.15) is 0 Å². The Labute approximate surface area is 108 Å². The quantitative estimate of drug-likeness (QED) is 0.868. The average molecular weight is 276 g/mol. The summed E-state index contributed by atoms with van der Waals surface area (Å²) in [5.41, 5.74) is 1.84. The Morgan fingerprint density at radius 2 is 2.00 bits per heavy atom. The molecular weight excluding hydrogens is 258 g/mol. The van der Waals surface area contributed by atoms with Crippen molar-refractivity contribution in [3.63, 3.8) is 0 Å². The first-order valence-corrected chi connectivity index (χ1v) is 7.85. The number of hydrogen-bond acceptors (Lipinski definition) is 3. The summed E-state index contributed by atoms with van der Waals surface area (Å²) in [6.07, 6.45) is 0.660. The third-order valence-corrected chi connectivity index (χ3v) is 4.62. The van der Waals surface area contributed by atoms with Crippen LogP contribution in [0.5, 0.6) is 0 Å². The summed E-state index contributed by atoms with van der Waals surface area (Å²) in [5, 5.41) is 3.71. The Balaban J connectivity index is 2.57. The van der Waals surface area contributed by atoms with E-state index in [0.717, 1.165) is 11.3 Å². The molecule has 0 unspecified atom stereocenters. The molecule has 0 atom stereocenters. The first-order valence-electron chi connectivity index (χ1n) is 5.65. The van der Waals surface area contributed by atoms with Crippen molar-refractivity contribution in [3.05, 3.63) is 28.8 Å². The molecule has 0 aliphatic rings. The molecule has 1 N–H and O–H groups in total. The van der Waals surface area contributed by atoms with Crippen LogP contribution in [0.4, 0.5) is 5.69 Å². The number of benzene rings is 1. The Bertz CT molecular complexity index is 451. The number of aryl methyl sites for hydroxylation is 1. The van der Waals surface area contributed by atoms with E-state index >= 15 is 0 Å². The molecule has 3 nitrogen and oxygen atoms in total. The van der Waals surface area contributed by atoms with Crippen molar-refractivity contribution in [2.24, 2.45) is 0 Å². The van der Waals surface area contributed by atoms with Gasteiger partial charge in [0.15, 0.2) is 9.84 Å².